The van der Waals surface area contributed by atoms with Gasteiger partial charge in [0.1, 0.15) is 18.3 Å². The average molecular weight is 502 g/mol. The van der Waals surface area contributed by atoms with Crippen LogP contribution in [0.2, 0.25) is 0 Å². The van der Waals surface area contributed by atoms with E-state index in [0.717, 1.165) is 17.5 Å². The summed E-state index contributed by atoms with van der Waals surface area (Å²) in [7, 11) is 1.87. The minimum absolute atomic E-state index is 0.0152. The van der Waals surface area contributed by atoms with Crippen LogP contribution in [-0.4, -0.2) is 44.8 Å². The van der Waals surface area contributed by atoms with Crippen molar-refractivity contribution >= 4 is 11.6 Å². The molecule has 2 aliphatic rings. The fourth-order valence-electron chi connectivity index (χ4n) is 5.09. The van der Waals surface area contributed by atoms with Crippen LogP contribution < -0.4 is 4.90 Å². The summed E-state index contributed by atoms with van der Waals surface area (Å²) >= 11 is 0. The maximum atomic E-state index is 14.0. The highest BCUT2D eigenvalue weighted by atomic mass is 19.4. The molecule has 0 aliphatic carbocycles. The number of anilines is 1. The van der Waals surface area contributed by atoms with Crippen LogP contribution in [0.1, 0.15) is 57.7 Å². The Bertz CT molecular complexity index is 1290. The van der Waals surface area contributed by atoms with E-state index in [-0.39, 0.29) is 36.7 Å². The summed E-state index contributed by atoms with van der Waals surface area (Å²) in [6.07, 6.45) is -2.94. The molecule has 1 amide bonds. The van der Waals surface area contributed by atoms with Gasteiger partial charge in [0.2, 0.25) is 0 Å². The molecule has 3 heterocycles. The van der Waals surface area contributed by atoms with Gasteiger partial charge >= 0.3 is 6.18 Å². The average Bonchev–Trinajstić information content (AvgIpc) is 3.52. The molecular weight excluding hydrogens is 474 g/mol. The fraction of sp³-hybridized carbons (Fsp3) is 0.423. The standard InChI is InChI=1S/C26H27F4N5O/c1-16(8-24-32-31-15-33(24)2)18-4-3-5-20(11-18)35-14-22-21(25(35)36)9-17(10-23(22)26(28,29)30)12-34-7-6-19(27)13-34/h3-5,9-11,15-16,19H,6-8,12-14H2,1-2H3/t16-,19-/m1/s1. The SMILES string of the molecule is C[C@H](Cc1nncn1C)c1cccc(N2Cc3c(cc(CN4CC[C@@H](F)C4)cc3C(F)(F)F)C2=O)c1. The van der Waals surface area contributed by atoms with E-state index in [2.05, 4.69) is 10.2 Å². The highest BCUT2D eigenvalue weighted by Gasteiger charge is 2.40. The van der Waals surface area contributed by atoms with Crippen molar-refractivity contribution in [2.24, 2.45) is 7.05 Å². The molecule has 10 heteroatoms. The minimum atomic E-state index is -4.60. The van der Waals surface area contributed by atoms with Gasteiger partial charge in [0, 0.05) is 44.4 Å². The summed E-state index contributed by atoms with van der Waals surface area (Å²) in [6.45, 7) is 2.74. The number of aryl methyl sites for hydroxylation is 1. The van der Waals surface area contributed by atoms with Crippen molar-refractivity contribution in [1.82, 2.24) is 19.7 Å². The number of fused-ring (bicyclic) bond motifs is 1. The number of nitrogens with zero attached hydrogens (tertiary/aromatic N) is 5. The Morgan fingerprint density at radius 1 is 1.19 bits per heavy atom. The van der Waals surface area contributed by atoms with Crippen LogP contribution in [0.5, 0.6) is 0 Å². The molecule has 0 spiro atoms. The number of benzene rings is 2. The van der Waals surface area contributed by atoms with Gasteiger partial charge in [-0.15, -0.1) is 10.2 Å². The summed E-state index contributed by atoms with van der Waals surface area (Å²) < 4.78 is 57.5. The lowest BCUT2D eigenvalue weighted by atomic mass is 9.97. The fourth-order valence-corrected chi connectivity index (χ4v) is 5.09. The maximum Gasteiger partial charge on any atom is 0.416 e. The van der Waals surface area contributed by atoms with Gasteiger partial charge in [0.05, 0.1) is 12.1 Å². The van der Waals surface area contributed by atoms with Crippen LogP contribution in [0.3, 0.4) is 0 Å². The van der Waals surface area contributed by atoms with Crippen LogP contribution in [0.15, 0.2) is 42.7 Å². The van der Waals surface area contributed by atoms with Crippen LogP contribution >= 0.6 is 0 Å². The summed E-state index contributed by atoms with van der Waals surface area (Å²) in [5.41, 5.74) is 1.12. The van der Waals surface area contributed by atoms with E-state index in [1.807, 2.05) is 36.7 Å². The summed E-state index contributed by atoms with van der Waals surface area (Å²) in [5, 5.41) is 8.02. The first-order valence-corrected chi connectivity index (χ1v) is 11.9. The van der Waals surface area contributed by atoms with E-state index < -0.39 is 23.8 Å². The van der Waals surface area contributed by atoms with Gasteiger partial charge in [-0.25, -0.2) is 4.39 Å². The zero-order chi connectivity index (χ0) is 25.6. The number of aromatic nitrogens is 3. The lowest BCUT2D eigenvalue weighted by Gasteiger charge is -2.19. The van der Waals surface area contributed by atoms with Crippen LogP contribution in [0, 0.1) is 0 Å². The van der Waals surface area contributed by atoms with Crippen molar-refractivity contribution in [2.75, 3.05) is 18.0 Å². The summed E-state index contributed by atoms with van der Waals surface area (Å²) in [4.78, 5) is 16.5. The monoisotopic (exact) mass is 501 g/mol. The molecule has 0 N–H and O–H groups in total. The normalized spacial score (nSPS) is 19.2. The van der Waals surface area contributed by atoms with Gasteiger partial charge in [-0.1, -0.05) is 19.1 Å². The first-order valence-electron chi connectivity index (χ1n) is 11.9. The number of hydrogen-bond donors (Lipinski definition) is 0. The molecule has 2 aromatic carbocycles. The predicted molar refractivity (Wildman–Crippen MR) is 126 cm³/mol. The third-order valence-electron chi connectivity index (χ3n) is 7.07. The zero-order valence-corrected chi connectivity index (χ0v) is 20.1. The highest BCUT2D eigenvalue weighted by molar-refractivity contribution is 6.10. The molecule has 5 rings (SSSR count). The molecule has 0 radical (unpaired) electrons. The molecule has 0 bridgehead atoms. The van der Waals surface area contributed by atoms with Gasteiger partial charge in [0.25, 0.3) is 5.91 Å². The first kappa shape index (κ1) is 24.4. The van der Waals surface area contributed by atoms with Crippen molar-refractivity contribution in [3.05, 3.63) is 76.4 Å². The molecule has 36 heavy (non-hydrogen) atoms. The largest absolute Gasteiger partial charge is 0.416 e. The molecule has 3 aromatic rings. The molecule has 1 aromatic heterocycles. The topological polar surface area (TPSA) is 54.3 Å². The van der Waals surface area contributed by atoms with Gasteiger partial charge in [-0.05, 0) is 53.3 Å². The van der Waals surface area contributed by atoms with Crippen LogP contribution in [0.25, 0.3) is 0 Å². The lowest BCUT2D eigenvalue weighted by Crippen LogP contribution is -2.23. The second-order valence-electron chi connectivity index (χ2n) is 9.74. The van der Waals surface area contributed by atoms with Crippen molar-refractivity contribution in [3.8, 4) is 0 Å². The number of rotatable bonds is 6. The number of likely N-dealkylation sites (tertiary alicyclic amines) is 1. The summed E-state index contributed by atoms with van der Waals surface area (Å²) in [5.74, 6) is 0.419. The Hall–Kier alpha value is -3.27. The van der Waals surface area contributed by atoms with Crippen molar-refractivity contribution in [3.63, 3.8) is 0 Å². The Labute approximate surface area is 206 Å². The second-order valence-corrected chi connectivity index (χ2v) is 9.74. The second kappa shape index (κ2) is 9.31. The third-order valence-corrected chi connectivity index (χ3v) is 7.07. The Morgan fingerprint density at radius 2 is 2.00 bits per heavy atom. The van der Waals surface area contributed by atoms with Crippen molar-refractivity contribution < 1.29 is 22.4 Å². The number of alkyl halides is 4. The maximum absolute atomic E-state index is 14.0. The van der Waals surface area contributed by atoms with E-state index in [0.29, 0.717) is 30.6 Å². The first-order chi connectivity index (χ1) is 17.1. The van der Waals surface area contributed by atoms with Gasteiger partial charge in [0.15, 0.2) is 0 Å². The van der Waals surface area contributed by atoms with Crippen LogP contribution in [0.4, 0.5) is 23.2 Å². The number of carbonyl (C=O) groups is 1. The number of halogens is 4. The lowest BCUT2D eigenvalue weighted by molar-refractivity contribution is -0.138. The minimum Gasteiger partial charge on any atom is -0.321 e. The molecule has 2 atom stereocenters. The smallest absolute Gasteiger partial charge is 0.321 e. The summed E-state index contributed by atoms with van der Waals surface area (Å²) in [6, 6.07) is 9.99. The highest BCUT2D eigenvalue weighted by Crippen LogP contribution is 2.40. The molecule has 1 saturated heterocycles. The van der Waals surface area contributed by atoms with E-state index in [1.54, 1.807) is 23.4 Å². The molecule has 2 aliphatic heterocycles. The van der Waals surface area contributed by atoms with E-state index in [4.69, 9.17) is 0 Å². The molecule has 0 saturated carbocycles. The number of amides is 1. The Kier molecular flexibility index (Phi) is 6.32. The van der Waals surface area contributed by atoms with Crippen molar-refractivity contribution in [2.45, 2.75) is 51.1 Å². The number of carbonyl (C=O) groups excluding carboxylic acids is 1. The third kappa shape index (κ3) is 4.74. The Morgan fingerprint density at radius 3 is 2.67 bits per heavy atom. The van der Waals surface area contributed by atoms with E-state index in [9.17, 15) is 22.4 Å². The van der Waals surface area contributed by atoms with E-state index >= 15 is 0 Å². The molecular formula is C26H27F4N5O. The molecule has 190 valence electrons. The van der Waals surface area contributed by atoms with Crippen molar-refractivity contribution in [1.29, 1.82) is 0 Å². The van der Waals surface area contributed by atoms with Gasteiger partial charge in [-0.3, -0.25) is 9.69 Å². The van der Waals surface area contributed by atoms with Crippen LogP contribution in [-0.2, 0) is 32.7 Å². The van der Waals surface area contributed by atoms with Gasteiger partial charge in [-0.2, -0.15) is 13.2 Å². The number of hydrogen-bond acceptors (Lipinski definition) is 4. The quantitative estimate of drug-likeness (QED) is 0.452. The molecule has 6 nitrogen and oxygen atoms in total. The Balaban J connectivity index is 1.43. The molecule has 0 unspecified atom stereocenters. The molecule has 1 fully saturated rings. The van der Waals surface area contributed by atoms with E-state index in [1.165, 1.54) is 4.90 Å². The van der Waals surface area contributed by atoms with Gasteiger partial charge < -0.3 is 9.47 Å². The zero-order valence-electron chi connectivity index (χ0n) is 20.1. The predicted octanol–water partition coefficient (Wildman–Crippen LogP) is 4.88.